The van der Waals surface area contributed by atoms with E-state index in [9.17, 15) is 4.79 Å². The van der Waals surface area contributed by atoms with Gasteiger partial charge in [-0.1, -0.05) is 0 Å². The summed E-state index contributed by atoms with van der Waals surface area (Å²) in [6.07, 6.45) is 1.80. The lowest BCUT2D eigenvalue weighted by molar-refractivity contribution is 0.0783. The Balaban J connectivity index is 2.17. The summed E-state index contributed by atoms with van der Waals surface area (Å²) in [4.78, 5) is 14.5. The third-order valence-electron chi connectivity index (χ3n) is 3.33. The van der Waals surface area contributed by atoms with Crippen LogP contribution in [-0.4, -0.2) is 35.6 Å². The Morgan fingerprint density at radius 3 is 2.79 bits per heavy atom. The van der Waals surface area contributed by atoms with E-state index in [-0.39, 0.29) is 12.5 Å². The molecule has 1 saturated heterocycles. The lowest BCUT2D eigenvalue weighted by atomic mass is 10.1. The van der Waals surface area contributed by atoms with Crippen molar-refractivity contribution >= 4 is 73.7 Å². The van der Waals surface area contributed by atoms with Crippen molar-refractivity contribution < 1.29 is 9.90 Å². The number of rotatable bonds is 3. The number of hydrogen-bond acceptors (Lipinski definition) is 2. The van der Waals surface area contributed by atoms with Crippen LogP contribution in [0, 0.1) is 16.6 Å². The molecule has 1 aromatic rings. The maximum atomic E-state index is 12.6. The van der Waals surface area contributed by atoms with Gasteiger partial charge in [0.1, 0.15) is 0 Å². The highest BCUT2D eigenvalue weighted by atomic mass is 127. The van der Waals surface area contributed by atoms with Crippen LogP contribution < -0.4 is 0 Å². The van der Waals surface area contributed by atoms with Gasteiger partial charge in [0.15, 0.2) is 0 Å². The summed E-state index contributed by atoms with van der Waals surface area (Å²) < 4.78 is 3.26. The molecule has 0 spiro atoms. The highest BCUT2D eigenvalue weighted by Crippen LogP contribution is 2.26. The monoisotopic (exact) mass is 597 g/mol. The Labute approximate surface area is 153 Å². The molecule has 3 nitrogen and oxygen atoms in total. The second kappa shape index (κ2) is 7.21. The van der Waals surface area contributed by atoms with Gasteiger partial charge >= 0.3 is 0 Å². The average molecular weight is 597 g/mol. The molecule has 1 N–H and O–H groups in total. The van der Waals surface area contributed by atoms with E-state index in [1.54, 1.807) is 0 Å². The number of carbonyl (C=O) groups is 1. The van der Waals surface area contributed by atoms with Crippen molar-refractivity contribution in [3.63, 3.8) is 0 Å². The first kappa shape index (κ1) is 16.2. The Hall–Kier alpha value is 0.840. The number of hydrogen-bond donors (Lipinski definition) is 1. The molecule has 19 heavy (non-hydrogen) atoms. The average Bonchev–Trinajstić information content (AvgIpc) is 2.82. The summed E-state index contributed by atoms with van der Waals surface area (Å²) >= 11 is 6.77. The Morgan fingerprint density at radius 1 is 1.37 bits per heavy atom. The molecular weight excluding hydrogens is 583 g/mol. The molecule has 1 aliphatic rings. The van der Waals surface area contributed by atoms with Gasteiger partial charge in [0.25, 0.3) is 5.91 Å². The van der Waals surface area contributed by atoms with E-state index in [0.717, 1.165) is 42.2 Å². The minimum absolute atomic E-state index is 0.126. The molecule has 1 atom stereocenters. The van der Waals surface area contributed by atoms with Crippen LogP contribution in [0.2, 0.25) is 0 Å². The molecular formula is C13H14I3NO2. The summed E-state index contributed by atoms with van der Waals surface area (Å²) in [6, 6.07) is 4.05. The zero-order valence-electron chi connectivity index (χ0n) is 10.2. The number of carbonyl (C=O) groups excluding carboxylic acids is 1. The quantitative estimate of drug-likeness (QED) is 0.430. The molecule has 0 bridgehead atoms. The number of aliphatic hydroxyl groups is 1. The van der Waals surface area contributed by atoms with Crippen LogP contribution in [-0.2, 0) is 0 Å². The SMILES string of the molecule is O=C(c1cc(I)cc(I)c1I)N1CCC(CCO)C1. The van der Waals surface area contributed by atoms with Crippen LogP contribution in [0.25, 0.3) is 0 Å². The lowest BCUT2D eigenvalue weighted by Crippen LogP contribution is -2.29. The van der Waals surface area contributed by atoms with Gasteiger partial charge in [-0.25, -0.2) is 0 Å². The minimum Gasteiger partial charge on any atom is -0.396 e. The fraction of sp³-hybridized carbons (Fsp3) is 0.462. The first-order valence-corrected chi connectivity index (χ1v) is 9.31. The van der Waals surface area contributed by atoms with Crippen LogP contribution in [0.15, 0.2) is 12.1 Å². The van der Waals surface area contributed by atoms with Crippen molar-refractivity contribution in [2.75, 3.05) is 19.7 Å². The van der Waals surface area contributed by atoms with Gasteiger partial charge in [0, 0.05) is 30.4 Å². The van der Waals surface area contributed by atoms with E-state index in [1.807, 2.05) is 11.0 Å². The second-order valence-electron chi connectivity index (χ2n) is 4.67. The van der Waals surface area contributed by atoms with E-state index >= 15 is 0 Å². The van der Waals surface area contributed by atoms with Crippen LogP contribution in [0.3, 0.4) is 0 Å². The summed E-state index contributed by atoms with van der Waals surface area (Å²) in [6.45, 7) is 1.80. The van der Waals surface area contributed by atoms with Gasteiger partial charge in [-0.15, -0.1) is 0 Å². The van der Waals surface area contributed by atoms with Crippen LogP contribution in [0.4, 0.5) is 0 Å². The van der Waals surface area contributed by atoms with Crippen LogP contribution in [0.1, 0.15) is 23.2 Å². The van der Waals surface area contributed by atoms with Crippen molar-refractivity contribution in [1.29, 1.82) is 0 Å². The van der Waals surface area contributed by atoms with E-state index in [1.165, 1.54) is 0 Å². The Morgan fingerprint density at radius 2 is 2.11 bits per heavy atom. The molecule has 2 rings (SSSR count). The largest absolute Gasteiger partial charge is 0.396 e. The van der Waals surface area contributed by atoms with Gasteiger partial charge in [-0.3, -0.25) is 4.79 Å². The van der Waals surface area contributed by atoms with Crippen LogP contribution >= 0.6 is 67.8 Å². The molecule has 0 aliphatic carbocycles. The fourth-order valence-electron chi connectivity index (χ4n) is 2.32. The molecule has 1 aliphatic heterocycles. The molecule has 104 valence electrons. The zero-order chi connectivity index (χ0) is 14.0. The summed E-state index contributed by atoms with van der Waals surface area (Å²) in [5, 5.41) is 8.98. The summed E-state index contributed by atoms with van der Waals surface area (Å²) in [5.74, 6) is 0.578. The van der Waals surface area contributed by atoms with Gasteiger partial charge < -0.3 is 10.0 Å². The molecule has 0 saturated carbocycles. The number of halogens is 3. The van der Waals surface area contributed by atoms with Gasteiger partial charge in [0.2, 0.25) is 0 Å². The van der Waals surface area contributed by atoms with E-state index in [4.69, 9.17) is 5.11 Å². The number of amides is 1. The van der Waals surface area contributed by atoms with E-state index in [0.29, 0.717) is 5.92 Å². The molecule has 6 heteroatoms. The third-order valence-corrected chi connectivity index (χ3v) is 7.00. The van der Waals surface area contributed by atoms with E-state index < -0.39 is 0 Å². The maximum Gasteiger partial charge on any atom is 0.255 e. The number of benzene rings is 1. The zero-order valence-corrected chi connectivity index (χ0v) is 16.7. The van der Waals surface area contributed by atoms with Crippen LogP contribution in [0.5, 0.6) is 0 Å². The van der Waals surface area contributed by atoms with Gasteiger partial charge in [0.05, 0.1) is 5.56 Å². The number of aliphatic hydroxyl groups excluding tert-OH is 1. The molecule has 0 aromatic heterocycles. The first-order chi connectivity index (χ1) is 9.02. The Bertz CT molecular complexity index is 493. The van der Waals surface area contributed by atoms with Gasteiger partial charge in [-0.2, -0.15) is 0 Å². The first-order valence-electron chi connectivity index (χ1n) is 6.07. The van der Waals surface area contributed by atoms with Crippen molar-refractivity contribution in [2.45, 2.75) is 12.8 Å². The maximum absolute atomic E-state index is 12.6. The molecule has 1 unspecified atom stereocenters. The lowest BCUT2D eigenvalue weighted by Gasteiger charge is -2.18. The molecule has 1 heterocycles. The van der Waals surface area contributed by atoms with Crippen molar-refractivity contribution in [2.24, 2.45) is 5.92 Å². The summed E-state index contributed by atoms with van der Waals surface area (Å²) in [5.41, 5.74) is 0.807. The van der Waals surface area contributed by atoms with E-state index in [2.05, 4.69) is 73.8 Å². The van der Waals surface area contributed by atoms with Crippen molar-refractivity contribution in [3.8, 4) is 0 Å². The standard InChI is InChI=1S/C13H14I3NO2/c14-9-5-10(12(16)11(15)6-9)13(19)17-3-1-8(7-17)2-4-18/h5-6,8,18H,1-4,7H2. The smallest absolute Gasteiger partial charge is 0.255 e. The molecule has 1 fully saturated rings. The minimum atomic E-state index is 0.126. The number of likely N-dealkylation sites (tertiary alicyclic amines) is 1. The predicted octanol–water partition coefficient (Wildman–Crippen LogP) is 3.34. The van der Waals surface area contributed by atoms with Crippen molar-refractivity contribution in [1.82, 2.24) is 4.90 Å². The third kappa shape index (κ3) is 3.94. The Kier molecular flexibility index (Phi) is 6.15. The molecule has 1 amide bonds. The topological polar surface area (TPSA) is 40.5 Å². The predicted molar refractivity (Wildman–Crippen MR) is 100 cm³/mol. The normalized spacial score (nSPS) is 18.9. The highest BCUT2D eigenvalue weighted by molar-refractivity contribution is 14.1. The highest BCUT2D eigenvalue weighted by Gasteiger charge is 2.28. The fourth-order valence-corrected chi connectivity index (χ4v) is 4.70. The summed E-state index contributed by atoms with van der Waals surface area (Å²) in [7, 11) is 0. The number of nitrogens with zero attached hydrogens (tertiary/aromatic N) is 1. The second-order valence-corrected chi connectivity index (χ2v) is 8.15. The molecule has 1 aromatic carbocycles. The molecule has 0 radical (unpaired) electrons. The van der Waals surface area contributed by atoms with Gasteiger partial charge in [-0.05, 0) is 98.7 Å². The van der Waals surface area contributed by atoms with Crippen molar-refractivity contribution in [3.05, 3.63) is 28.4 Å².